The van der Waals surface area contributed by atoms with E-state index in [2.05, 4.69) is 20.8 Å². The highest BCUT2D eigenvalue weighted by Crippen LogP contribution is 2.32. The first-order chi connectivity index (χ1) is 15.7. The van der Waals surface area contributed by atoms with Crippen LogP contribution < -0.4 is 14.8 Å². The molecule has 0 unspecified atom stereocenters. The molecule has 4 rings (SSSR count). The van der Waals surface area contributed by atoms with Crippen LogP contribution in [-0.4, -0.2) is 57.3 Å². The second kappa shape index (κ2) is 12.2. The van der Waals surface area contributed by atoms with E-state index in [1.807, 2.05) is 60.4 Å². The highest BCUT2D eigenvalue weighted by atomic mass is 35.5. The van der Waals surface area contributed by atoms with E-state index < -0.39 is 0 Å². The van der Waals surface area contributed by atoms with Crippen LogP contribution in [0.15, 0.2) is 48.5 Å². The minimum atomic E-state index is 0. The monoisotopic (exact) mass is 472 g/mol. The van der Waals surface area contributed by atoms with E-state index in [4.69, 9.17) is 9.47 Å². The van der Waals surface area contributed by atoms with E-state index in [1.54, 1.807) is 0 Å². The standard InChI is InChI=1S/C23H28N6O3.ClH/c1-2-31-21-16-18(17-24-13-7-15-28-14-6-10-22(28)30)11-12-20(21)32-23-25-26-27-29(23)19-8-4-3-5-9-19;/h3-5,8-9,11-12,16,24H,2,6-7,10,13-15,17H2,1H3;1H. The van der Waals surface area contributed by atoms with Crippen LogP contribution in [-0.2, 0) is 11.3 Å². The zero-order valence-electron chi connectivity index (χ0n) is 18.6. The van der Waals surface area contributed by atoms with Crippen molar-refractivity contribution < 1.29 is 14.3 Å². The Hall–Kier alpha value is -3.17. The quantitative estimate of drug-likeness (QED) is 0.427. The van der Waals surface area contributed by atoms with E-state index in [-0.39, 0.29) is 24.3 Å². The number of carbonyl (C=O) groups is 1. The van der Waals surface area contributed by atoms with Gasteiger partial charge in [-0.15, -0.1) is 12.4 Å². The maximum atomic E-state index is 11.7. The molecule has 0 aliphatic carbocycles. The number of hydrogen-bond donors (Lipinski definition) is 1. The maximum absolute atomic E-state index is 11.7. The number of halogens is 1. The Labute approximate surface area is 199 Å². The Balaban J connectivity index is 0.00000306. The molecule has 10 heteroatoms. The number of nitrogens with one attached hydrogen (secondary N) is 1. The minimum Gasteiger partial charge on any atom is -0.490 e. The molecule has 9 nitrogen and oxygen atoms in total. The number of nitrogens with zero attached hydrogens (tertiary/aromatic N) is 5. The minimum absolute atomic E-state index is 0. The van der Waals surface area contributed by atoms with Gasteiger partial charge in [-0.3, -0.25) is 4.79 Å². The summed E-state index contributed by atoms with van der Waals surface area (Å²) < 4.78 is 13.3. The van der Waals surface area contributed by atoms with Gasteiger partial charge in [0.1, 0.15) is 0 Å². The van der Waals surface area contributed by atoms with Gasteiger partial charge in [0.2, 0.25) is 5.91 Å². The Morgan fingerprint density at radius 1 is 1.12 bits per heavy atom. The van der Waals surface area contributed by atoms with Gasteiger partial charge in [-0.1, -0.05) is 29.4 Å². The summed E-state index contributed by atoms with van der Waals surface area (Å²) in [6, 6.07) is 15.7. The number of ether oxygens (including phenoxy) is 2. The van der Waals surface area contributed by atoms with Crippen LogP contribution in [0.25, 0.3) is 5.69 Å². The summed E-state index contributed by atoms with van der Waals surface area (Å²) in [5.41, 5.74) is 1.89. The van der Waals surface area contributed by atoms with Gasteiger partial charge in [0.05, 0.1) is 12.3 Å². The van der Waals surface area contributed by atoms with E-state index in [0.29, 0.717) is 31.1 Å². The Morgan fingerprint density at radius 2 is 1.97 bits per heavy atom. The molecule has 0 radical (unpaired) electrons. The SMILES string of the molecule is CCOc1cc(CNCCCN2CCCC2=O)ccc1Oc1nnnn1-c1ccccc1.Cl. The van der Waals surface area contributed by atoms with E-state index >= 15 is 0 Å². The summed E-state index contributed by atoms with van der Waals surface area (Å²) in [6.45, 7) is 5.71. The van der Waals surface area contributed by atoms with Gasteiger partial charge in [-0.05, 0) is 66.6 Å². The summed E-state index contributed by atoms with van der Waals surface area (Å²) in [5, 5.41) is 15.2. The largest absolute Gasteiger partial charge is 0.490 e. The van der Waals surface area contributed by atoms with E-state index in [1.165, 1.54) is 4.68 Å². The number of amides is 1. The number of hydrogen-bond acceptors (Lipinski definition) is 7. The lowest BCUT2D eigenvalue weighted by molar-refractivity contribution is -0.127. The Kier molecular flexibility index (Phi) is 9.03. The van der Waals surface area contributed by atoms with Crippen molar-refractivity contribution in [2.75, 3.05) is 26.2 Å². The van der Waals surface area contributed by atoms with Crippen LogP contribution in [0.3, 0.4) is 0 Å². The molecule has 1 aromatic heterocycles. The number of benzene rings is 2. The Bertz CT molecular complexity index is 1030. The fraction of sp³-hybridized carbons (Fsp3) is 0.391. The van der Waals surface area contributed by atoms with Crippen molar-refractivity contribution in [1.82, 2.24) is 30.4 Å². The second-order valence-corrected chi connectivity index (χ2v) is 7.54. The number of tetrazole rings is 1. The van der Waals surface area contributed by atoms with Gasteiger partial charge in [-0.25, -0.2) is 0 Å². The van der Waals surface area contributed by atoms with Gasteiger partial charge in [0, 0.05) is 26.1 Å². The maximum Gasteiger partial charge on any atom is 0.346 e. The fourth-order valence-corrected chi connectivity index (χ4v) is 3.66. The lowest BCUT2D eigenvalue weighted by Gasteiger charge is -2.15. The molecule has 0 spiro atoms. The summed E-state index contributed by atoms with van der Waals surface area (Å²) in [6.07, 6.45) is 2.62. The number of likely N-dealkylation sites (tertiary alicyclic amines) is 1. The highest BCUT2D eigenvalue weighted by molar-refractivity contribution is 5.85. The molecule has 0 bridgehead atoms. The third-order valence-electron chi connectivity index (χ3n) is 5.23. The normalized spacial score (nSPS) is 13.1. The molecule has 1 aliphatic heterocycles. The van der Waals surface area contributed by atoms with Crippen LogP contribution in [0.5, 0.6) is 17.5 Å². The second-order valence-electron chi connectivity index (χ2n) is 7.54. The molecule has 3 aromatic rings. The van der Waals surface area contributed by atoms with E-state index in [9.17, 15) is 4.79 Å². The molecule has 1 N–H and O–H groups in total. The predicted octanol–water partition coefficient (Wildman–Crippen LogP) is 3.38. The van der Waals surface area contributed by atoms with Crippen molar-refractivity contribution in [3.8, 4) is 23.2 Å². The summed E-state index contributed by atoms with van der Waals surface area (Å²) in [5.74, 6) is 1.47. The third kappa shape index (κ3) is 6.43. The van der Waals surface area contributed by atoms with Crippen molar-refractivity contribution in [3.05, 3.63) is 54.1 Å². The van der Waals surface area contributed by atoms with Crippen molar-refractivity contribution in [3.63, 3.8) is 0 Å². The van der Waals surface area contributed by atoms with Gasteiger partial charge >= 0.3 is 6.01 Å². The molecule has 1 saturated heterocycles. The predicted molar refractivity (Wildman–Crippen MR) is 126 cm³/mol. The fourth-order valence-electron chi connectivity index (χ4n) is 3.66. The first kappa shape index (κ1) is 24.5. The molecule has 33 heavy (non-hydrogen) atoms. The third-order valence-corrected chi connectivity index (χ3v) is 5.23. The van der Waals surface area contributed by atoms with Crippen molar-refractivity contribution in [1.29, 1.82) is 0 Å². The van der Waals surface area contributed by atoms with Crippen LogP contribution in [0.2, 0.25) is 0 Å². The number of para-hydroxylation sites is 1. The molecular formula is C23H29ClN6O3. The molecule has 1 amide bonds. The van der Waals surface area contributed by atoms with Crippen LogP contribution in [0.1, 0.15) is 31.7 Å². The number of rotatable bonds is 11. The molecule has 176 valence electrons. The lowest BCUT2D eigenvalue weighted by atomic mass is 10.2. The van der Waals surface area contributed by atoms with Crippen molar-refractivity contribution in [2.45, 2.75) is 32.7 Å². The summed E-state index contributed by atoms with van der Waals surface area (Å²) in [4.78, 5) is 13.6. The van der Waals surface area contributed by atoms with Gasteiger partial charge in [0.25, 0.3) is 0 Å². The van der Waals surface area contributed by atoms with Crippen molar-refractivity contribution in [2.24, 2.45) is 0 Å². The number of carbonyl (C=O) groups excluding carboxylic acids is 1. The van der Waals surface area contributed by atoms with Gasteiger partial charge in [-0.2, -0.15) is 4.68 Å². The van der Waals surface area contributed by atoms with Crippen LogP contribution >= 0.6 is 12.4 Å². The molecule has 2 heterocycles. The molecule has 0 saturated carbocycles. The summed E-state index contributed by atoms with van der Waals surface area (Å²) in [7, 11) is 0. The van der Waals surface area contributed by atoms with Crippen LogP contribution in [0.4, 0.5) is 0 Å². The molecule has 1 aliphatic rings. The molecule has 2 aromatic carbocycles. The first-order valence-corrected chi connectivity index (χ1v) is 11.0. The topological polar surface area (TPSA) is 94.4 Å². The van der Waals surface area contributed by atoms with Gasteiger partial charge in [0.15, 0.2) is 11.5 Å². The smallest absolute Gasteiger partial charge is 0.346 e. The number of aromatic nitrogens is 4. The van der Waals surface area contributed by atoms with Crippen LogP contribution in [0, 0.1) is 0 Å². The van der Waals surface area contributed by atoms with E-state index in [0.717, 1.165) is 43.7 Å². The summed E-state index contributed by atoms with van der Waals surface area (Å²) >= 11 is 0. The highest BCUT2D eigenvalue weighted by Gasteiger charge is 2.19. The zero-order chi connectivity index (χ0) is 22.2. The average molecular weight is 473 g/mol. The van der Waals surface area contributed by atoms with Gasteiger partial charge < -0.3 is 19.7 Å². The molecule has 0 atom stereocenters. The Morgan fingerprint density at radius 3 is 2.73 bits per heavy atom. The molecule has 1 fully saturated rings. The van der Waals surface area contributed by atoms with Crippen molar-refractivity contribution >= 4 is 18.3 Å². The first-order valence-electron chi connectivity index (χ1n) is 11.0. The molecular weight excluding hydrogens is 444 g/mol. The zero-order valence-corrected chi connectivity index (χ0v) is 19.5. The average Bonchev–Trinajstić information content (AvgIpc) is 3.45. The lowest BCUT2D eigenvalue weighted by Crippen LogP contribution is -2.28.